The van der Waals surface area contributed by atoms with Gasteiger partial charge < -0.3 is 10.5 Å². The number of nitrogens with zero attached hydrogens (tertiary/aromatic N) is 1. The molecule has 108 valence electrons. The maximum atomic E-state index is 9.52. The highest BCUT2D eigenvalue weighted by Crippen LogP contribution is 2.11. The molecule has 2 N–H and O–H groups in total. The zero-order chi connectivity index (χ0) is 15.1. The van der Waals surface area contributed by atoms with Crippen molar-refractivity contribution in [2.45, 2.75) is 13.1 Å². The lowest BCUT2D eigenvalue weighted by Crippen LogP contribution is -2.23. The van der Waals surface area contributed by atoms with Crippen molar-refractivity contribution in [1.82, 2.24) is 4.90 Å². The van der Waals surface area contributed by atoms with E-state index in [4.69, 9.17) is 17.6 Å². The summed E-state index contributed by atoms with van der Waals surface area (Å²) in [6.07, 6.45) is 1.32. The summed E-state index contributed by atoms with van der Waals surface area (Å²) >= 11 is 4.89. The van der Waals surface area contributed by atoms with Gasteiger partial charge in [-0.05, 0) is 22.3 Å². The van der Waals surface area contributed by atoms with Crippen molar-refractivity contribution >= 4 is 23.8 Å². The number of thiocarbonyl (C=S) groups is 1. The third-order valence-corrected chi connectivity index (χ3v) is 3.55. The van der Waals surface area contributed by atoms with Crippen LogP contribution in [-0.2, 0) is 13.1 Å². The minimum Gasteiger partial charge on any atom is -0.381 e. The molecule has 0 heterocycles. The standard InChI is InChI=1S/C17H18N2OS/c18-9-14-1-3-15(4-2-14)10-19(13-20)11-16-5-7-17(12-21)8-6-16/h1-9,12,18,20H,10-11,13H2. The summed E-state index contributed by atoms with van der Waals surface area (Å²) in [6.45, 7) is 1.35. The van der Waals surface area contributed by atoms with E-state index < -0.39 is 0 Å². The van der Waals surface area contributed by atoms with Crippen LogP contribution in [0.2, 0.25) is 0 Å². The number of hydrogen-bond donors (Lipinski definition) is 2. The van der Waals surface area contributed by atoms with Gasteiger partial charge in [0.05, 0.1) is 6.73 Å². The van der Waals surface area contributed by atoms with Gasteiger partial charge in [-0.1, -0.05) is 60.7 Å². The Hall–Kier alpha value is -1.88. The fraction of sp³-hybridized carbons (Fsp3) is 0.176. The van der Waals surface area contributed by atoms with Crippen LogP contribution in [0.3, 0.4) is 0 Å². The van der Waals surface area contributed by atoms with Crippen LogP contribution in [0.1, 0.15) is 22.3 Å². The van der Waals surface area contributed by atoms with Crippen molar-refractivity contribution in [3.8, 4) is 0 Å². The fourth-order valence-corrected chi connectivity index (χ4v) is 2.25. The molecule has 0 saturated heterocycles. The maximum absolute atomic E-state index is 9.52. The van der Waals surface area contributed by atoms with Crippen molar-refractivity contribution in [1.29, 1.82) is 5.41 Å². The second kappa shape index (κ2) is 7.78. The molecule has 0 amide bonds. The van der Waals surface area contributed by atoms with E-state index in [-0.39, 0.29) is 6.73 Å². The van der Waals surface area contributed by atoms with Gasteiger partial charge in [0.2, 0.25) is 0 Å². The number of nitrogens with one attached hydrogen (secondary N) is 1. The van der Waals surface area contributed by atoms with Crippen molar-refractivity contribution < 1.29 is 5.11 Å². The lowest BCUT2D eigenvalue weighted by molar-refractivity contribution is 0.0939. The molecule has 2 aromatic carbocycles. The molecule has 0 fully saturated rings. The number of hydrogen-bond acceptors (Lipinski definition) is 4. The number of benzene rings is 2. The Kier molecular flexibility index (Phi) is 5.75. The van der Waals surface area contributed by atoms with Crippen molar-refractivity contribution in [3.05, 3.63) is 70.8 Å². The van der Waals surface area contributed by atoms with Crippen molar-refractivity contribution in [2.24, 2.45) is 0 Å². The molecular formula is C17H18N2OS. The lowest BCUT2D eigenvalue weighted by atomic mass is 10.1. The highest BCUT2D eigenvalue weighted by molar-refractivity contribution is 7.79. The second-order valence-electron chi connectivity index (χ2n) is 4.87. The first-order valence-corrected chi connectivity index (χ1v) is 7.19. The van der Waals surface area contributed by atoms with Gasteiger partial charge in [-0.2, -0.15) is 0 Å². The predicted molar refractivity (Wildman–Crippen MR) is 89.9 cm³/mol. The van der Waals surface area contributed by atoms with Gasteiger partial charge in [-0.15, -0.1) is 0 Å². The van der Waals surface area contributed by atoms with Crippen molar-refractivity contribution in [3.63, 3.8) is 0 Å². The van der Waals surface area contributed by atoms with Crippen LogP contribution in [0.15, 0.2) is 48.5 Å². The molecule has 4 heteroatoms. The van der Waals surface area contributed by atoms with Gasteiger partial charge in [-0.3, -0.25) is 4.90 Å². The zero-order valence-electron chi connectivity index (χ0n) is 11.7. The smallest absolute Gasteiger partial charge is 0.0962 e. The Morgan fingerprint density at radius 2 is 1.38 bits per heavy atom. The molecule has 21 heavy (non-hydrogen) atoms. The Morgan fingerprint density at radius 1 is 0.905 bits per heavy atom. The van der Waals surface area contributed by atoms with Crippen LogP contribution >= 0.6 is 12.2 Å². The van der Waals surface area contributed by atoms with Crippen LogP contribution in [0.25, 0.3) is 0 Å². The maximum Gasteiger partial charge on any atom is 0.0962 e. The number of aliphatic hydroxyl groups is 1. The number of rotatable bonds is 7. The highest BCUT2D eigenvalue weighted by atomic mass is 32.1. The SMILES string of the molecule is N=Cc1ccc(CN(CO)Cc2ccc(C=S)cc2)cc1. The second-order valence-corrected chi connectivity index (χ2v) is 5.11. The lowest BCUT2D eigenvalue weighted by Gasteiger charge is -2.19. The Morgan fingerprint density at radius 3 is 1.76 bits per heavy atom. The summed E-state index contributed by atoms with van der Waals surface area (Å²) in [5.74, 6) is 0. The molecule has 0 saturated carbocycles. The topological polar surface area (TPSA) is 47.3 Å². The third kappa shape index (κ3) is 4.56. The minimum absolute atomic E-state index is 0.00122. The van der Waals surface area contributed by atoms with E-state index in [1.807, 2.05) is 53.4 Å². The fourth-order valence-electron chi connectivity index (χ4n) is 2.09. The predicted octanol–water partition coefficient (Wildman–Crippen LogP) is 2.98. The average molecular weight is 298 g/mol. The summed E-state index contributed by atoms with van der Waals surface area (Å²) < 4.78 is 0. The van der Waals surface area contributed by atoms with Crippen molar-refractivity contribution in [2.75, 3.05) is 6.73 Å². The van der Waals surface area contributed by atoms with E-state index in [0.29, 0.717) is 13.1 Å². The van der Waals surface area contributed by atoms with E-state index in [1.54, 1.807) is 5.37 Å². The molecule has 0 spiro atoms. The zero-order valence-corrected chi connectivity index (χ0v) is 12.5. The molecule has 0 aliphatic carbocycles. The summed E-state index contributed by atoms with van der Waals surface area (Å²) in [5, 5.41) is 18.4. The van der Waals surface area contributed by atoms with Crippen LogP contribution in [0.4, 0.5) is 0 Å². The summed E-state index contributed by atoms with van der Waals surface area (Å²) in [4.78, 5) is 1.95. The Bertz CT molecular complexity index is 540. The average Bonchev–Trinajstić information content (AvgIpc) is 2.55. The quantitative estimate of drug-likeness (QED) is 0.469. The highest BCUT2D eigenvalue weighted by Gasteiger charge is 2.06. The van der Waals surface area contributed by atoms with Gasteiger partial charge in [0.15, 0.2) is 0 Å². The Balaban J connectivity index is 2.01. The van der Waals surface area contributed by atoms with Gasteiger partial charge in [-0.25, -0.2) is 0 Å². The summed E-state index contributed by atoms with van der Waals surface area (Å²) in [6, 6.07) is 15.8. The van der Waals surface area contributed by atoms with Gasteiger partial charge >= 0.3 is 0 Å². The number of aliphatic hydroxyl groups excluding tert-OH is 1. The van der Waals surface area contributed by atoms with Gasteiger partial charge in [0.25, 0.3) is 0 Å². The molecular weight excluding hydrogens is 280 g/mol. The van der Waals surface area contributed by atoms with Crippen LogP contribution in [0.5, 0.6) is 0 Å². The van der Waals surface area contributed by atoms with Crippen LogP contribution < -0.4 is 0 Å². The first-order valence-electron chi connectivity index (χ1n) is 6.72. The molecule has 0 atom stereocenters. The third-order valence-electron chi connectivity index (χ3n) is 3.27. The van der Waals surface area contributed by atoms with Crippen LogP contribution in [-0.4, -0.2) is 28.3 Å². The van der Waals surface area contributed by atoms with Crippen LogP contribution in [0, 0.1) is 5.41 Å². The minimum atomic E-state index is 0.00122. The van der Waals surface area contributed by atoms with E-state index in [2.05, 4.69) is 0 Å². The molecule has 0 aromatic heterocycles. The van der Waals surface area contributed by atoms with E-state index >= 15 is 0 Å². The van der Waals surface area contributed by atoms with E-state index in [9.17, 15) is 5.11 Å². The van der Waals surface area contributed by atoms with Gasteiger partial charge in [0, 0.05) is 24.7 Å². The molecule has 2 rings (SSSR count). The van der Waals surface area contributed by atoms with E-state index in [1.165, 1.54) is 6.21 Å². The normalized spacial score (nSPS) is 10.6. The Labute approximate surface area is 130 Å². The first-order chi connectivity index (χ1) is 10.2. The molecule has 0 bridgehead atoms. The summed E-state index contributed by atoms with van der Waals surface area (Å²) in [5.41, 5.74) is 4.16. The molecule has 0 radical (unpaired) electrons. The molecule has 3 nitrogen and oxygen atoms in total. The molecule has 0 aliphatic rings. The first kappa shape index (κ1) is 15.5. The molecule has 0 aliphatic heterocycles. The molecule has 0 unspecified atom stereocenters. The monoisotopic (exact) mass is 298 g/mol. The largest absolute Gasteiger partial charge is 0.381 e. The van der Waals surface area contributed by atoms with Gasteiger partial charge in [0.1, 0.15) is 0 Å². The van der Waals surface area contributed by atoms with E-state index in [0.717, 1.165) is 22.3 Å². The molecule has 2 aromatic rings. The summed E-state index contributed by atoms with van der Waals surface area (Å²) in [7, 11) is 0.